The summed E-state index contributed by atoms with van der Waals surface area (Å²) in [5.74, 6) is -0.0432. The maximum atomic E-state index is 12.6. The summed E-state index contributed by atoms with van der Waals surface area (Å²) in [6, 6.07) is 22.8. The monoisotopic (exact) mass is 389 g/mol. The molecule has 0 radical (unpaired) electrons. The van der Waals surface area contributed by atoms with Crippen LogP contribution in [0.2, 0.25) is 0 Å². The van der Waals surface area contributed by atoms with Gasteiger partial charge < -0.3 is 20.3 Å². The Balaban J connectivity index is 1.37. The fraction of sp³-hybridized carbons (Fsp3) is 0.292. The molecule has 1 saturated heterocycles. The molecule has 1 atom stereocenters. The number of rotatable bonds is 6. The van der Waals surface area contributed by atoms with E-state index in [1.54, 1.807) is 0 Å². The highest BCUT2D eigenvalue weighted by Crippen LogP contribution is 2.26. The minimum absolute atomic E-state index is 0.0432. The largest absolute Gasteiger partial charge is 0.378 e. The quantitative estimate of drug-likeness (QED) is 0.670. The van der Waals surface area contributed by atoms with Gasteiger partial charge >= 0.3 is 0 Å². The Morgan fingerprint density at radius 2 is 1.72 bits per heavy atom. The average Bonchev–Trinajstić information content (AvgIpc) is 2.78. The number of morpholine rings is 1. The summed E-state index contributed by atoms with van der Waals surface area (Å²) in [4.78, 5) is 14.8. The Morgan fingerprint density at radius 3 is 2.55 bits per heavy atom. The number of anilines is 2. The number of ether oxygens (including phenoxy) is 1. The zero-order valence-electron chi connectivity index (χ0n) is 16.7. The van der Waals surface area contributed by atoms with Crippen molar-refractivity contribution in [3.8, 4) is 0 Å². The molecule has 0 unspecified atom stereocenters. The van der Waals surface area contributed by atoms with Gasteiger partial charge in [-0.1, -0.05) is 48.5 Å². The number of amides is 1. The number of nitrogens with zero attached hydrogens (tertiary/aromatic N) is 1. The molecule has 5 nitrogen and oxygen atoms in total. The molecule has 29 heavy (non-hydrogen) atoms. The van der Waals surface area contributed by atoms with Gasteiger partial charge in [-0.2, -0.15) is 0 Å². The summed E-state index contributed by atoms with van der Waals surface area (Å²) < 4.78 is 5.44. The molecule has 1 amide bonds. The number of carbonyl (C=O) groups is 1. The van der Waals surface area contributed by atoms with Gasteiger partial charge in [0.1, 0.15) is 0 Å². The van der Waals surface area contributed by atoms with Gasteiger partial charge in [-0.05, 0) is 41.5 Å². The van der Waals surface area contributed by atoms with E-state index in [4.69, 9.17) is 4.74 Å². The Hall–Kier alpha value is -2.89. The second-order valence-corrected chi connectivity index (χ2v) is 7.37. The molecule has 5 heteroatoms. The van der Waals surface area contributed by atoms with Crippen LogP contribution < -0.4 is 15.5 Å². The number of nitrogens with one attached hydrogen (secondary N) is 2. The van der Waals surface area contributed by atoms with E-state index in [1.807, 2.05) is 36.4 Å². The molecule has 3 aromatic carbocycles. The lowest BCUT2D eigenvalue weighted by atomic mass is 10.0. The van der Waals surface area contributed by atoms with E-state index in [0.29, 0.717) is 13.2 Å². The van der Waals surface area contributed by atoms with E-state index in [-0.39, 0.29) is 18.5 Å². The Bertz CT molecular complexity index is 983. The lowest BCUT2D eigenvalue weighted by Crippen LogP contribution is -2.37. The molecule has 2 N–H and O–H groups in total. The summed E-state index contributed by atoms with van der Waals surface area (Å²) in [5, 5.41) is 8.83. The summed E-state index contributed by atoms with van der Waals surface area (Å²) in [7, 11) is 0. The fourth-order valence-electron chi connectivity index (χ4n) is 3.69. The van der Waals surface area contributed by atoms with E-state index >= 15 is 0 Å². The predicted octanol–water partition coefficient (Wildman–Crippen LogP) is 3.97. The first-order chi connectivity index (χ1) is 14.2. The van der Waals surface area contributed by atoms with Crippen molar-refractivity contribution in [2.45, 2.75) is 13.0 Å². The number of carbonyl (C=O) groups excluding carboxylic acids is 1. The predicted molar refractivity (Wildman–Crippen MR) is 118 cm³/mol. The van der Waals surface area contributed by atoms with Gasteiger partial charge in [0, 0.05) is 19.1 Å². The van der Waals surface area contributed by atoms with Crippen LogP contribution in [-0.4, -0.2) is 38.8 Å². The fourth-order valence-corrected chi connectivity index (χ4v) is 3.69. The molecular formula is C24H27N3O2. The Kier molecular flexibility index (Phi) is 6.08. The van der Waals surface area contributed by atoms with Crippen molar-refractivity contribution in [1.82, 2.24) is 5.32 Å². The van der Waals surface area contributed by atoms with Crippen LogP contribution in [0.5, 0.6) is 0 Å². The van der Waals surface area contributed by atoms with E-state index in [2.05, 4.69) is 52.8 Å². The summed E-state index contributed by atoms with van der Waals surface area (Å²) >= 11 is 0. The minimum atomic E-state index is -0.0432. The zero-order valence-corrected chi connectivity index (χ0v) is 16.7. The zero-order chi connectivity index (χ0) is 20.1. The van der Waals surface area contributed by atoms with Gasteiger partial charge in [-0.15, -0.1) is 0 Å². The molecular weight excluding hydrogens is 362 g/mol. The summed E-state index contributed by atoms with van der Waals surface area (Å²) in [6.07, 6.45) is 0. The highest BCUT2D eigenvalue weighted by atomic mass is 16.5. The summed E-state index contributed by atoms with van der Waals surface area (Å²) in [6.45, 7) is 5.44. The van der Waals surface area contributed by atoms with Crippen molar-refractivity contribution >= 4 is 28.1 Å². The third-order valence-corrected chi connectivity index (χ3v) is 5.37. The molecule has 1 heterocycles. The van der Waals surface area contributed by atoms with Gasteiger partial charge in [0.15, 0.2) is 0 Å². The van der Waals surface area contributed by atoms with Crippen molar-refractivity contribution in [1.29, 1.82) is 0 Å². The van der Waals surface area contributed by atoms with Gasteiger partial charge in [0.2, 0.25) is 5.91 Å². The van der Waals surface area contributed by atoms with Gasteiger partial charge in [-0.3, -0.25) is 4.79 Å². The van der Waals surface area contributed by atoms with E-state index in [0.717, 1.165) is 24.5 Å². The number of hydrogen-bond acceptors (Lipinski definition) is 4. The van der Waals surface area contributed by atoms with Crippen LogP contribution in [0, 0.1) is 0 Å². The lowest BCUT2D eigenvalue weighted by molar-refractivity contribution is -0.115. The van der Waals surface area contributed by atoms with Gasteiger partial charge in [0.05, 0.1) is 31.1 Å². The second kappa shape index (κ2) is 9.07. The third kappa shape index (κ3) is 4.75. The lowest BCUT2D eigenvalue weighted by Gasteiger charge is -2.30. The molecule has 0 aromatic heterocycles. The van der Waals surface area contributed by atoms with E-state index in [1.165, 1.54) is 16.3 Å². The molecule has 4 rings (SSSR count). The number of fused-ring (bicyclic) bond motifs is 1. The first-order valence-corrected chi connectivity index (χ1v) is 10.1. The molecule has 150 valence electrons. The summed E-state index contributed by atoms with van der Waals surface area (Å²) in [5.41, 5.74) is 3.07. The normalized spacial score (nSPS) is 15.3. The maximum Gasteiger partial charge on any atom is 0.238 e. The minimum Gasteiger partial charge on any atom is -0.378 e. The number of benzene rings is 3. The molecule has 1 fully saturated rings. The number of hydrogen-bond donors (Lipinski definition) is 2. The second-order valence-electron chi connectivity index (χ2n) is 7.37. The SMILES string of the molecule is C[C@H](NCC(=O)Nc1ccccc1N1CCOCC1)c1ccc2ccccc2c1. The van der Waals surface area contributed by atoms with E-state index in [9.17, 15) is 4.79 Å². The van der Waals surface area contributed by atoms with Crippen LogP contribution in [0.1, 0.15) is 18.5 Å². The molecule has 3 aromatic rings. The number of para-hydroxylation sites is 2. The van der Waals surface area contributed by atoms with E-state index < -0.39 is 0 Å². The topological polar surface area (TPSA) is 53.6 Å². The molecule has 0 spiro atoms. The molecule has 1 aliphatic rings. The first kappa shape index (κ1) is 19.4. The molecule has 0 saturated carbocycles. The van der Waals surface area contributed by atoms with Gasteiger partial charge in [-0.25, -0.2) is 0 Å². The van der Waals surface area contributed by atoms with Crippen LogP contribution in [0.25, 0.3) is 10.8 Å². The maximum absolute atomic E-state index is 12.6. The van der Waals surface area contributed by atoms with Crippen molar-refractivity contribution in [2.75, 3.05) is 43.1 Å². The molecule has 0 aliphatic carbocycles. The molecule has 0 bridgehead atoms. The van der Waals surface area contributed by atoms with Crippen LogP contribution in [-0.2, 0) is 9.53 Å². The molecule has 1 aliphatic heterocycles. The first-order valence-electron chi connectivity index (χ1n) is 10.1. The average molecular weight is 389 g/mol. The van der Waals surface area contributed by atoms with Crippen LogP contribution in [0.3, 0.4) is 0 Å². The Labute approximate surface area is 171 Å². The Morgan fingerprint density at radius 1 is 1.00 bits per heavy atom. The van der Waals surface area contributed by atoms with Crippen molar-refractivity contribution < 1.29 is 9.53 Å². The van der Waals surface area contributed by atoms with Crippen LogP contribution >= 0.6 is 0 Å². The standard InChI is InChI=1S/C24H27N3O2/c1-18(20-11-10-19-6-2-3-7-21(19)16-20)25-17-24(28)26-22-8-4-5-9-23(22)27-12-14-29-15-13-27/h2-11,16,18,25H,12-15,17H2,1H3,(H,26,28)/t18-/m0/s1. The van der Waals surface area contributed by atoms with Crippen LogP contribution in [0.4, 0.5) is 11.4 Å². The van der Waals surface area contributed by atoms with Crippen molar-refractivity contribution in [2.24, 2.45) is 0 Å². The van der Waals surface area contributed by atoms with Gasteiger partial charge in [0.25, 0.3) is 0 Å². The smallest absolute Gasteiger partial charge is 0.238 e. The van der Waals surface area contributed by atoms with Crippen LogP contribution in [0.15, 0.2) is 66.7 Å². The third-order valence-electron chi connectivity index (χ3n) is 5.37. The highest BCUT2D eigenvalue weighted by molar-refractivity contribution is 5.95. The van der Waals surface area contributed by atoms with Crippen molar-refractivity contribution in [3.05, 3.63) is 72.3 Å². The van der Waals surface area contributed by atoms with Crippen molar-refractivity contribution in [3.63, 3.8) is 0 Å². The highest BCUT2D eigenvalue weighted by Gasteiger charge is 2.16.